The number of nitrogens with zero attached hydrogens (tertiary/aromatic N) is 2. The van der Waals surface area contributed by atoms with Crippen LogP contribution in [-0.2, 0) is 6.42 Å². The Morgan fingerprint density at radius 1 is 1.22 bits per heavy atom. The van der Waals surface area contributed by atoms with E-state index in [0.29, 0.717) is 13.2 Å². The first kappa shape index (κ1) is 15.4. The summed E-state index contributed by atoms with van der Waals surface area (Å²) in [5.74, 6) is 0.845. The summed E-state index contributed by atoms with van der Waals surface area (Å²) in [5, 5.41) is 0. The van der Waals surface area contributed by atoms with Crippen molar-refractivity contribution in [2.45, 2.75) is 13.3 Å². The molecule has 0 fully saturated rings. The molecule has 0 saturated heterocycles. The molecule has 2 aromatic carbocycles. The zero-order chi connectivity index (χ0) is 16.2. The standard InChI is InChI=1S/C19H22N2O2/c1-15-6-5-8-17(14-15)23-13-12-20(2)19(22)21-11-10-16-7-3-4-9-18(16)21/h3-9,14H,10-13H2,1-2H3. The first-order chi connectivity index (χ1) is 11.1. The second-order valence-electron chi connectivity index (χ2n) is 5.90. The third kappa shape index (κ3) is 3.47. The molecule has 1 aliphatic heterocycles. The van der Waals surface area contributed by atoms with E-state index >= 15 is 0 Å². The Hall–Kier alpha value is -2.49. The molecular weight excluding hydrogens is 288 g/mol. The van der Waals surface area contributed by atoms with Gasteiger partial charge in [0.25, 0.3) is 0 Å². The molecule has 120 valence electrons. The van der Waals surface area contributed by atoms with Gasteiger partial charge in [-0.25, -0.2) is 4.79 Å². The van der Waals surface area contributed by atoms with Gasteiger partial charge in [-0.1, -0.05) is 30.3 Å². The van der Waals surface area contributed by atoms with Gasteiger partial charge in [0.15, 0.2) is 0 Å². The van der Waals surface area contributed by atoms with E-state index in [1.54, 1.807) is 4.90 Å². The molecule has 0 aliphatic carbocycles. The van der Waals surface area contributed by atoms with Crippen LogP contribution in [0.1, 0.15) is 11.1 Å². The van der Waals surface area contributed by atoms with E-state index in [9.17, 15) is 4.79 Å². The van der Waals surface area contributed by atoms with Gasteiger partial charge in [-0.3, -0.25) is 4.90 Å². The van der Waals surface area contributed by atoms with Gasteiger partial charge in [0.1, 0.15) is 12.4 Å². The van der Waals surface area contributed by atoms with E-state index < -0.39 is 0 Å². The number of rotatable bonds is 4. The largest absolute Gasteiger partial charge is 0.492 e. The van der Waals surface area contributed by atoms with Gasteiger partial charge < -0.3 is 9.64 Å². The molecule has 0 spiro atoms. The van der Waals surface area contributed by atoms with Crippen LogP contribution in [0.4, 0.5) is 10.5 Å². The highest BCUT2D eigenvalue weighted by Gasteiger charge is 2.26. The number of hydrogen-bond donors (Lipinski definition) is 0. The normalized spacial score (nSPS) is 12.9. The first-order valence-electron chi connectivity index (χ1n) is 7.95. The van der Waals surface area contributed by atoms with Crippen molar-refractivity contribution in [1.29, 1.82) is 0 Å². The smallest absolute Gasteiger partial charge is 0.324 e. The molecule has 3 rings (SSSR count). The molecule has 4 nitrogen and oxygen atoms in total. The summed E-state index contributed by atoms with van der Waals surface area (Å²) < 4.78 is 5.73. The molecular formula is C19H22N2O2. The Bertz CT molecular complexity index is 699. The highest BCUT2D eigenvalue weighted by atomic mass is 16.5. The Kier molecular flexibility index (Phi) is 4.51. The minimum absolute atomic E-state index is 0.0304. The van der Waals surface area contributed by atoms with Crippen molar-refractivity contribution in [3.8, 4) is 5.75 Å². The van der Waals surface area contributed by atoms with Crippen molar-refractivity contribution < 1.29 is 9.53 Å². The first-order valence-corrected chi connectivity index (χ1v) is 7.95. The predicted octanol–water partition coefficient (Wildman–Crippen LogP) is 3.49. The van der Waals surface area contributed by atoms with Crippen molar-refractivity contribution in [1.82, 2.24) is 4.90 Å². The number of amides is 2. The van der Waals surface area contributed by atoms with Crippen molar-refractivity contribution in [2.75, 3.05) is 31.6 Å². The van der Waals surface area contributed by atoms with Gasteiger partial charge in [-0.05, 0) is 42.7 Å². The average Bonchev–Trinajstić information content (AvgIpc) is 2.98. The van der Waals surface area contributed by atoms with Gasteiger partial charge in [0.05, 0.1) is 6.54 Å². The van der Waals surface area contributed by atoms with Gasteiger partial charge in [0.2, 0.25) is 0 Å². The topological polar surface area (TPSA) is 32.8 Å². The monoisotopic (exact) mass is 310 g/mol. The van der Waals surface area contributed by atoms with E-state index in [4.69, 9.17) is 4.74 Å². The Morgan fingerprint density at radius 2 is 2.04 bits per heavy atom. The van der Waals surface area contributed by atoms with Crippen LogP contribution in [0, 0.1) is 6.92 Å². The molecule has 0 unspecified atom stereocenters. The molecule has 0 atom stereocenters. The van der Waals surface area contributed by atoms with Crippen molar-refractivity contribution in [2.24, 2.45) is 0 Å². The van der Waals surface area contributed by atoms with Gasteiger partial charge >= 0.3 is 6.03 Å². The lowest BCUT2D eigenvalue weighted by atomic mass is 10.2. The highest BCUT2D eigenvalue weighted by molar-refractivity contribution is 5.94. The number of benzene rings is 2. The molecule has 0 aromatic heterocycles. The summed E-state index contributed by atoms with van der Waals surface area (Å²) in [6, 6.07) is 16.1. The molecule has 4 heteroatoms. The van der Waals surface area contributed by atoms with Crippen LogP contribution in [0.25, 0.3) is 0 Å². The minimum atomic E-state index is 0.0304. The number of para-hydroxylation sites is 1. The van der Waals surface area contributed by atoms with E-state index in [1.165, 1.54) is 11.1 Å². The SMILES string of the molecule is Cc1cccc(OCCN(C)C(=O)N2CCc3ccccc32)c1. The van der Waals surface area contributed by atoms with Crippen LogP contribution >= 0.6 is 0 Å². The number of likely N-dealkylation sites (N-methyl/N-ethyl adjacent to an activating group) is 1. The van der Waals surface area contributed by atoms with Crippen molar-refractivity contribution in [3.05, 3.63) is 59.7 Å². The maximum atomic E-state index is 12.6. The third-order valence-electron chi connectivity index (χ3n) is 4.13. The molecule has 23 heavy (non-hydrogen) atoms. The molecule has 2 amide bonds. The number of hydrogen-bond acceptors (Lipinski definition) is 2. The fraction of sp³-hybridized carbons (Fsp3) is 0.316. The summed E-state index contributed by atoms with van der Waals surface area (Å²) in [4.78, 5) is 16.2. The number of urea groups is 1. The highest BCUT2D eigenvalue weighted by Crippen LogP contribution is 2.28. The summed E-state index contributed by atoms with van der Waals surface area (Å²) in [6.07, 6.45) is 0.926. The Balaban J connectivity index is 1.54. The maximum Gasteiger partial charge on any atom is 0.324 e. The van der Waals surface area contributed by atoms with Crippen LogP contribution in [0.15, 0.2) is 48.5 Å². The van der Waals surface area contributed by atoms with Crippen LogP contribution in [0.5, 0.6) is 5.75 Å². The number of aryl methyl sites for hydroxylation is 1. The molecule has 2 aromatic rings. The second-order valence-corrected chi connectivity index (χ2v) is 5.90. The number of carbonyl (C=O) groups is 1. The number of ether oxygens (including phenoxy) is 1. The second kappa shape index (κ2) is 6.73. The van der Waals surface area contributed by atoms with Crippen molar-refractivity contribution >= 4 is 11.7 Å². The number of anilines is 1. The average molecular weight is 310 g/mol. The summed E-state index contributed by atoms with van der Waals surface area (Å²) in [6.45, 7) is 3.83. The molecule has 0 radical (unpaired) electrons. The third-order valence-corrected chi connectivity index (χ3v) is 4.13. The summed E-state index contributed by atoms with van der Waals surface area (Å²) >= 11 is 0. The fourth-order valence-electron chi connectivity index (χ4n) is 2.84. The van der Waals surface area contributed by atoms with E-state index in [0.717, 1.165) is 24.4 Å². The lowest BCUT2D eigenvalue weighted by Gasteiger charge is -2.25. The quantitative estimate of drug-likeness (QED) is 0.866. The number of carbonyl (C=O) groups excluding carboxylic acids is 1. The molecule has 0 saturated carbocycles. The van der Waals surface area contributed by atoms with Crippen molar-refractivity contribution in [3.63, 3.8) is 0 Å². The summed E-state index contributed by atoms with van der Waals surface area (Å²) in [7, 11) is 1.82. The maximum absolute atomic E-state index is 12.6. The Labute approximate surface area is 137 Å². The van der Waals surface area contributed by atoms with Crippen LogP contribution in [0.2, 0.25) is 0 Å². The minimum Gasteiger partial charge on any atom is -0.492 e. The zero-order valence-electron chi connectivity index (χ0n) is 13.7. The van der Waals surface area contributed by atoms with Crippen LogP contribution in [0.3, 0.4) is 0 Å². The zero-order valence-corrected chi connectivity index (χ0v) is 13.7. The molecule has 1 heterocycles. The van der Waals surface area contributed by atoms with E-state index in [2.05, 4.69) is 6.07 Å². The summed E-state index contributed by atoms with van der Waals surface area (Å²) in [5.41, 5.74) is 3.44. The molecule has 0 N–H and O–H groups in total. The lowest BCUT2D eigenvalue weighted by molar-refractivity contribution is 0.202. The molecule has 1 aliphatic rings. The predicted molar refractivity (Wildman–Crippen MR) is 92.2 cm³/mol. The number of fused-ring (bicyclic) bond motifs is 1. The van der Waals surface area contributed by atoms with Gasteiger partial charge in [-0.2, -0.15) is 0 Å². The van der Waals surface area contributed by atoms with Crippen LogP contribution < -0.4 is 9.64 Å². The Morgan fingerprint density at radius 3 is 2.87 bits per heavy atom. The fourth-order valence-corrected chi connectivity index (χ4v) is 2.84. The van der Waals surface area contributed by atoms with Gasteiger partial charge in [0, 0.05) is 19.3 Å². The van der Waals surface area contributed by atoms with E-state index in [1.807, 2.05) is 61.3 Å². The molecule has 0 bridgehead atoms. The lowest BCUT2D eigenvalue weighted by Crippen LogP contribution is -2.42. The van der Waals surface area contributed by atoms with Crippen LogP contribution in [-0.4, -0.2) is 37.7 Å². The van der Waals surface area contributed by atoms with E-state index in [-0.39, 0.29) is 6.03 Å². The van der Waals surface area contributed by atoms with Gasteiger partial charge in [-0.15, -0.1) is 0 Å².